The van der Waals surface area contributed by atoms with E-state index < -0.39 is 11.6 Å². The molecule has 2 aromatic heterocycles. The summed E-state index contributed by atoms with van der Waals surface area (Å²) in [5.74, 6) is -1.50. The van der Waals surface area contributed by atoms with Crippen LogP contribution in [0.2, 0.25) is 0 Å². The van der Waals surface area contributed by atoms with E-state index in [-0.39, 0.29) is 12.5 Å². The average Bonchev–Trinajstić information content (AvgIpc) is 2.86. The molecule has 0 bridgehead atoms. The van der Waals surface area contributed by atoms with E-state index in [1.807, 2.05) is 0 Å². The smallest absolute Gasteiger partial charge is 0.217 e. The summed E-state index contributed by atoms with van der Waals surface area (Å²) >= 11 is 0. The Morgan fingerprint density at radius 3 is 2.64 bits per heavy atom. The van der Waals surface area contributed by atoms with Gasteiger partial charge >= 0.3 is 0 Å². The standard InChI is InChI=1S/C16H12F2N2O2/c1-9(21)19-7-11-8-22-15-3-2-14(20-16(11)15)10-4-12(17)6-13(18)5-10/h2-6,8H,7H2,1H3,(H,19,21). The van der Waals surface area contributed by atoms with Crippen LogP contribution in [0.5, 0.6) is 0 Å². The molecule has 3 rings (SSSR count). The molecule has 1 amide bonds. The number of hydrogen-bond donors (Lipinski definition) is 1. The van der Waals surface area contributed by atoms with E-state index in [1.165, 1.54) is 25.3 Å². The maximum Gasteiger partial charge on any atom is 0.217 e. The lowest BCUT2D eigenvalue weighted by Gasteiger charge is -2.03. The zero-order chi connectivity index (χ0) is 15.7. The Labute approximate surface area is 124 Å². The van der Waals surface area contributed by atoms with Gasteiger partial charge < -0.3 is 9.73 Å². The third-order valence-electron chi connectivity index (χ3n) is 3.18. The maximum atomic E-state index is 13.3. The highest BCUT2D eigenvalue weighted by molar-refractivity contribution is 5.80. The number of rotatable bonds is 3. The van der Waals surface area contributed by atoms with Gasteiger partial charge in [-0.1, -0.05) is 0 Å². The second-order valence-electron chi connectivity index (χ2n) is 4.87. The molecule has 0 aliphatic heterocycles. The van der Waals surface area contributed by atoms with Crippen LogP contribution in [0.25, 0.3) is 22.4 Å². The molecule has 4 nitrogen and oxygen atoms in total. The summed E-state index contributed by atoms with van der Waals surface area (Å²) in [6.07, 6.45) is 1.50. The van der Waals surface area contributed by atoms with E-state index in [0.717, 1.165) is 6.07 Å². The number of halogens is 2. The van der Waals surface area contributed by atoms with Crippen LogP contribution >= 0.6 is 0 Å². The molecule has 112 valence electrons. The Morgan fingerprint density at radius 2 is 1.95 bits per heavy atom. The van der Waals surface area contributed by atoms with Crippen LogP contribution in [-0.4, -0.2) is 10.9 Å². The van der Waals surface area contributed by atoms with Crippen molar-refractivity contribution in [2.45, 2.75) is 13.5 Å². The minimum Gasteiger partial charge on any atom is -0.462 e. The van der Waals surface area contributed by atoms with Crippen molar-refractivity contribution in [3.63, 3.8) is 0 Å². The molecule has 2 heterocycles. The summed E-state index contributed by atoms with van der Waals surface area (Å²) in [4.78, 5) is 15.4. The number of pyridine rings is 1. The maximum absolute atomic E-state index is 13.3. The molecular formula is C16H12F2N2O2. The van der Waals surface area contributed by atoms with Gasteiger partial charge in [0.05, 0.1) is 12.0 Å². The normalized spacial score (nSPS) is 10.9. The van der Waals surface area contributed by atoms with E-state index in [9.17, 15) is 13.6 Å². The molecule has 0 unspecified atom stereocenters. The molecule has 0 spiro atoms. The van der Waals surface area contributed by atoms with Gasteiger partial charge in [-0.25, -0.2) is 13.8 Å². The largest absolute Gasteiger partial charge is 0.462 e. The Bertz CT molecular complexity index is 838. The Balaban J connectivity index is 2.04. The topological polar surface area (TPSA) is 55.1 Å². The lowest BCUT2D eigenvalue weighted by Crippen LogP contribution is -2.18. The molecule has 3 aromatic rings. The van der Waals surface area contributed by atoms with Gasteiger partial charge in [-0.3, -0.25) is 4.79 Å². The van der Waals surface area contributed by atoms with Crippen LogP contribution in [0.15, 0.2) is 41.0 Å². The predicted molar refractivity (Wildman–Crippen MR) is 76.9 cm³/mol. The Morgan fingerprint density at radius 1 is 1.23 bits per heavy atom. The fraction of sp³-hybridized carbons (Fsp3) is 0.125. The number of amides is 1. The van der Waals surface area contributed by atoms with E-state index in [0.29, 0.717) is 27.9 Å². The summed E-state index contributed by atoms with van der Waals surface area (Å²) in [5, 5.41) is 2.66. The summed E-state index contributed by atoms with van der Waals surface area (Å²) in [5.41, 5.74) is 2.56. The predicted octanol–water partition coefficient (Wildman–Crippen LogP) is 3.41. The molecule has 0 aliphatic carbocycles. The SMILES string of the molecule is CC(=O)NCc1coc2ccc(-c3cc(F)cc(F)c3)nc12. The second-order valence-corrected chi connectivity index (χ2v) is 4.87. The van der Waals surface area contributed by atoms with E-state index in [2.05, 4.69) is 10.3 Å². The first-order chi connectivity index (χ1) is 10.5. The fourth-order valence-electron chi connectivity index (χ4n) is 2.17. The molecule has 1 aromatic carbocycles. The highest BCUT2D eigenvalue weighted by Gasteiger charge is 2.11. The lowest BCUT2D eigenvalue weighted by atomic mass is 10.1. The van der Waals surface area contributed by atoms with Gasteiger partial charge in [-0.05, 0) is 24.3 Å². The van der Waals surface area contributed by atoms with Gasteiger partial charge in [-0.2, -0.15) is 0 Å². The highest BCUT2D eigenvalue weighted by atomic mass is 19.1. The minimum atomic E-state index is -0.664. The molecule has 0 saturated carbocycles. The number of carbonyl (C=O) groups excluding carboxylic acids is 1. The van der Waals surface area contributed by atoms with Crippen molar-refractivity contribution >= 4 is 17.0 Å². The number of nitrogens with one attached hydrogen (secondary N) is 1. The number of nitrogens with zero attached hydrogens (tertiary/aromatic N) is 1. The van der Waals surface area contributed by atoms with Gasteiger partial charge in [0, 0.05) is 30.7 Å². The van der Waals surface area contributed by atoms with Crippen molar-refractivity contribution in [1.82, 2.24) is 10.3 Å². The van der Waals surface area contributed by atoms with Crippen LogP contribution in [0.1, 0.15) is 12.5 Å². The number of fused-ring (bicyclic) bond motifs is 1. The van der Waals surface area contributed by atoms with Crippen molar-refractivity contribution in [2.75, 3.05) is 0 Å². The summed E-state index contributed by atoms with van der Waals surface area (Å²) in [6.45, 7) is 1.69. The first-order valence-electron chi connectivity index (χ1n) is 6.61. The van der Waals surface area contributed by atoms with Gasteiger partial charge in [0.1, 0.15) is 17.2 Å². The zero-order valence-electron chi connectivity index (χ0n) is 11.7. The van der Waals surface area contributed by atoms with Gasteiger partial charge in [0.25, 0.3) is 0 Å². The molecule has 0 saturated heterocycles. The number of aromatic nitrogens is 1. The average molecular weight is 302 g/mol. The van der Waals surface area contributed by atoms with Crippen molar-refractivity contribution in [3.8, 4) is 11.3 Å². The van der Waals surface area contributed by atoms with Gasteiger partial charge in [0.15, 0.2) is 5.58 Å². The fourth-order valence-corrected chi connectivity index (χ4v) is 2.17. The molecule has 6 heteroatoms. The molecule has 22 heavy (non-hydrogen) atoms. The molecule has 0 atom stereocenters. The van der Waals surface area contributed by atoms with E-state index in [1.54, 1.807) is 12.1 Å². The van der Waals surface area contributed by atoms with Crippen molar-refractivity contribution in [1.29, 1.82) is 0 Å². The quantitative estimate of drug-likeness (QED) is 0.806. The van der Waals surface area contributed by atoms with Crippen molar-refractivity contribution in [3.05, 3.63) is 53.8 Å². The number of carbonyl (C=O) groups is 1. The summed E-state index contributed by atoms with van der Waals surface area (Å²) in [7, 11) is 0. The van der Waals surface area contributed by atoms with Crippen molar-refractivity contribution < 1.29 is 18.0 Å². The molecule has 0 fully saturated rings. The van der Waals surface area contributed by atoms with E-state index >= 15 is 0 Å². The van der Waals surface area contributed by atoms with Gasteiger partial charge in [-0.15, -0.1) is 0 Å². The van der Waals surface area contributed by atoms with Crippen LogP contribution in [0.3, 0.4) is 0 Å². The number of furan rings is 1. The van der Waals surface area contributed by atoms with Crippen molar-refractivity contribution in [2.24, 2.45) is 0 Å². The van der Waals surface area contributed by atoms with Crippen LogP contribution in [0.4, 0.5) is 8.78 Å². The third kappa shape index (κ3) is 2.81. The minimum absolute atomic E-state index is 0.169. The first-order valence-corrected chi connectivity index (χ1v) is 6.61. The number of hydrogen-bond acceptors (Lipinski definition) is 3. The highest BCUT2D eigenvalue weighted by Crippen LogP contribution is 2.25. The van der Waals surface area contributed by atoms with E-state index in [4.69, 9.17) is 4.42 Å². The van der Waals surface area contributed by atoms with Gasteiger partial charge in [0.2, 0.25) is 5.91 Å². The molecule has 1 N–H and O–H groups in total. The molecular weight excluding hydrogens is 290 g/mol. The lowest BCUT2D eigenvalue weighted by molar-refractivity contribution is -0.119. The summed E-state index contributed by atoms with van der Waals surface area (Å²) < 4.78 is 32.0. The Kier molecular flexibility index (Phi) is 3.58. The molecule has 0 radical (unpaired) electrons. The second kappa shape index (κ2) is 5.55. The first kappa shape index (κ1) is 14.2. The molecule has 0 aliphatic rings. The summed E-state index contributed by atoms with van der Waals surface area (Å²) in [6, 6.07) is 6.54. The van der Waals surface area contributed by atoms with Crippen LogP contribution in [0, 0.1) is 11.6 Å². The van der Waals surface area contributed by atoms with Crippen LogP contribution in [-0.2, 0) is 11.3 Å². The number of benzene rings is 1. The third-order valence-corrected chi connectivity index (χ3v) is 3.18. The van der Waals surface area contributed by atoms with Crippen LogP contribution < -0.4 is 5.32 Å². The monoisotopic (exact) mass is 302 g/mol. The zero-order valence-corrected chi connectivity index (χ0v) is 11.7. The Hall–Kier alpha value is -2.76.